The number of hydrogen-bond donors (Lipinski definition) is 1. The average Bonchev–Trinajstić information content (AvgIpc) is 2.58. The van der Waals surface area contributed by atoms with Gasteiger partial charge in [0.15, 0.2) is 9.84 Å². The third-order valence-electron chi connectivity index (χ3n) is 4.21. The molecule has 0 unspecified atom stereocenters. The number of benzene rings is 2. The van der Waals surface area contributed by atoms with E-state index in [9.17, 15) is 13.2 Å². The molecule has 0 aliphatic rings. The molecule has 1 N–H and O–H groups in total. The summed E-state index contributed by atoms with van der Waals surface area (Å²) in [5.41, 5.74) is 2.90. The second kappa shape index (κ2) is 8.66. The summed E-state index contributed by atoms with van der Waals surface area (Å²) in [5, 5.41) is 3.36. The molecule has 0 radical (unpaired) electrons. The first kappa shape index (κ1) is 20.4. The van der Waals surface area contributed by atoms with Crippen molar-refractivity contribution in [2.24, 2.45) is 0 Å². The van der Waals surface area contributed by atoms with Crippen LogP contribution in [0.2, 0.25) is 5.02 Å². The smallest absolute Gasteiger partial charge is 0.238 e. The quantitative estimate of drug-likeness (QED) is 0.782. The van der Waals surface area contributed by atoms with Crippen molar-refractivity contribution in [1.82, 2.24) is 4.90 Å². The minimum absolute atomic E-state index is 0.0676. The highest BCUT2D eigenvalue weighted by atomic mass is 35.5. The minimum atomic E-state index is -3.41. The monoisotopic (exact) mass is 394 g/mol. The van der Waals surface area contributed by atoms with Crippen molar-refractivity contribution in [1.29, 1.82) is 0 Å². The van der Waals surface area contributed by atoms with Crippen molar-refractivity contribution >= 4 is 33.0 Å². The number of sulfone groups is 1. The Kier molecular flexibility index (Phi) is 6.81. The Bertz CT molecular complexity index is 880. The Morgan fingerprint density at radius 3 is 2.42 bits per heavy atom. The fourth-order valence-electron chi connectivity index (χ4n) is 2.44. The second-order valence-electron chi connectivity index (χ2n) is 6.31. The van der Waals surface area contributed by atoms with E-state index in [-0.39, 0.29) is 29.6 Å². The molecule has 0 fully saturated rings. The molecule has 0 saturated carbocycles. The average molecular weight is 395 g/mol. The lowest BCUT2D eigenvalue weighted by molar-refractivity contribution is -0.117. The van der Waals surface area contributed by atoms with Gasteiger partial charge in [0.05, 0.1) is 17.2 Å². The van der Waals surface area contributed by atoms with Crippen LogP contribution in [0, 0.1) is 13.8 Å². The van der Waals surface area contributed by atoms with Gasteiger partial charge in [0, 0.05) is 17.3 Å². The standard InChI is InChI=1S/C19H23ClN2O3S/c1-14-5-4-6-18(15(14)2)21-19(23)13-22(3)11-12-26(24,25)17-9-7-16(20)8-10-17/h4-10H,11-13H2,1-3H3,(H,21,23). The summed E-state index contributed by atoms with van der Waals surface area (Å²) in [6.45, 7) is 4.31. The second-order valence-corrected chi connectivity index (χ2v) is 8.85. The maximum Gasteiger partial charge on any atom is 0.238 e. The van der Waals surface area contributed by atoms with E-state index in [4.69, 9.17) is 11.6 Å². The number of anilines is 1. The summed E-state index contributed by atoms with van der Waals surface area (Å²) in [6.07, 6.45) is 0. The maximum absolute atomic E-state index is 12.3. The van der Waals surface area contributed by atoms with Crippen LogP contribution in [0.3, 0.4) is 0 Å². The first-order valence-corrected chi connectivity index (χ1v) is 10.2. The molecular weight excluding hydrogens is 372 g/mol. The Morgan fingerprint density at radius 2 is 1.77 bits per heavy atom. The van der Waals surface area contributed by atoms with E-state index in [1.165, 1.54) is 12.1 Å². The van der Waals surface area contributed by atoms with Crippen molar-refractivity contribution in [2.75, 3.05) is 31.2 Å². The summed E-state index contributed by atoms with van der Waals surface area (Å²) < 4.78 is 24.7. The van der Waals surface area contributed by atoms with Gasteiger partial charge in [0.1, 0.15) is 0 Å². The van der Waals surface area contributed by atoms with E-state index in [0.29, 0.717) is 5.02 Å². The van der Waals surface area contributed by atoms with E-state index < -0.39 is 9.84 Å². The third kappa shape index (κ3) is 5.56. The first-order chi connectivity index (χ1) is 12.2. The topological polar surface area (TPSA) is 66.5 Å². The normalized spacial score (nSPS) is 11.6. The zero-order valence-electron chi connectivity index (χ0n) is 15.1. The molecule has 0 aliphatic heterocycles. The van der Waals surface area contributed by atoms with E-state index >= 15 is 0 Å². The number of rotatable bonds is 7. The van der Waals surface area contributed by atoms with E-state index in [0.717, 1.165) is 16.8 Å². The van der Waals surface area contributed by atoms with Gasteiger partial charge in [0.2, 0.25) is 5.91 Å². The summed E-state index contributed by atoms with van der Waals surface area (Å²) >= 11 is 5.79. The predicted molar refractivity (Wildman–Crippen MR) is 106 cm³/mol. The fraction of sp³-hybridized carbons (Fsp3) is 0.316. The third-order valence-corrected chi connectivity index (χ3v) is 6.17. The number of nitrogens with one attached hydrogen (secondary N) is 1. The number of likely N-dealkylation sites (N-methyl/N-ethyl adjacent to an activating group) is 1. The Labute approximate surface area is 159 Å². The molecule has 140 valence electrons. The lowest BCUT2D eigenvalue weighted by atomic mass is 10.1. The molecule has 0 bridgehead atoms. The molecule has 0 saturated heterocycles. The lowest BCUT2D eigenvalue weighted by Crippen LogP contribution is -2.33. The maximum atomic E-state index is 12.3. The van der Waals surface area contributed by atoms with Gasteiger partial charge in [-0.25, -0.2) is 8.42 Å². The highest BCUT2D eigenvalue weighted by molar-refractivity contribution is 7.91. The molecular formula is C19H23ClN2O3S. The minimum Gasteiger partial charge on any atom is -0.325 e. The van der Waals surface area contributed by atoms with Crippen LogP contribution in [-0.4, -0.2) is 45.1 Å². The molecule has 0 aromatic heterocycles. The molecule has 5 nitrogen and oxygen atoms in total. The van der Waals surface area contributed by atoms with Crippen LogP contribution in [0.4, 0.5) is 5.69 Å². The van der Waals surface area contributed by atoms with Gasteiger partial charge >= 0.3 is 0 Å². The molecule has 0 heterocycles. The number of aryl methyl sites for hydroxylation is 1. The molecule has 2 aromatic carbocycles. The highest BCUT2D eigenvalue weighted by Crippen LogP contribution is 2.18. The van der Waals surface area contributed by atoms with E-state index in [2.05, 4.69) is 5.32 Å². The number of carbonyl (C=O) groups is 1. The summed E-state index contributed by atoms with van der Waals surface area (Å²) in [7, 11) is -1.69. The summed E-state index contributed by atoms with van der Waals surface area (Å²) in [6, 6.07) is 11.8. The van der Waals surface area contributed by atoms with Crippen LogP contribution in [0.1, 0.15) is 11.1 Å². The zero-order valence-corrected chi connectivity index (χ0v) is 16.7. The lowest BCUT2D eigenvalue weighted by Gasteiger charge is -2.17. The number of nitrogens with zero attached hydrogens (tertiary/aromatic N) is 1. The number of halogens is 1. The van der Waals surface area contributed by atoms with Crippen LogP contribution in [0.5, 0.6) is 0 Å². The summed E-state index contributed by atoms with van der Waals surface area (Å²) in [5.74, 6) is -0.243. The molecule has 26 heavy (non-hydrogen) atoms. The van der Waals surface area contributed by atoms with Crippen LogP contribution < -0.4 is 5.32 Å². The van der Waals surface area contributed by atoms with Gasteiger partial charge < -0.3 is 5.32 Å². The number of amides is 1. The van der Waals surface area contributed by atoms with Crippen LogP contribution in [-0.2, 0) is 14.6 Å². The fourth-order valence-corrected chi connectivity index (χ4v) is 3.90. The molecule has 0 spiro atoms. The first-order valence-electron chi connectivity index (χ1n) is 8.22. The van der Waals surface area contributed by atoms with E-state index in [1.807, 2.05) is 32.0 Å². The summed E-state index contributed by atoms with van der Waals surface area (Å²) in [4.78, 5) is 14.1. The Balaban J connectivity index is 1.89. The van der Waals surface area contributed by atoms with Crippen molar-refractivity contribution in [2.45, 2.75) is 18.7 Å². The van der Waals surface area contributed by atoms with Gasteiger partial charge in [0.25, 0.3) is 0 Å². The Hall–Kier alpha value is -1.89. The van der Waals surface area contributed by atoms with Crippen molar-refractivity contribution < 1.29 is 13.2 Å². The SMILES string of the molecule is Cc1cccc(NC(=O)CN(C)CCS(=O)(=O)c2ccc(Cl)cc2)c1C. The van der Waals surface area contributed by atoms with Crippen molar-refractivity contribution in [3.8, 4) is 0 Å². The van der Waals surface area contributed by atoms with Crippen molar-refractivity contribution in [3.63, 3.8) is 0 Å². The van der Waals surface area contributed by atoms with Gasteiger partial charge in [-0.1, -0.05) is 23.7 Å². The van der Waals surface area contributed by atoms with E-state index in [1.54, 1.807) is 24.1 Å². The van der Waals surface area contributed by atoms with Gasteiger partial charge in [-0.3, -0.25) is 9.69 Å². The number of carbonyl (C=O) groups excluding carboxylic acids is 1. The largest absolute Gasteiger partial charge is 0.325 e. The van der Waals surface area contributed by atoms with Crippen LogP contribution in [0.25, 0.3) is 0 Å². The van der Waals surface area contributed by atoms with Crippen molar-refractivity contribution in [3.05, 3.63) is 58.6 Å². The molecule has 0 aliphatic carbocycles. The van der Waals surface area contributed by atoms with Crippen LogP contribution in [0.15, 0.2) is 47.4 Å². The Morgan fingerprint density at radius 1 is 1.12 bits per heavy atom. The zero-order chi connectivity index (χ0) is 19.3. The van der Waals surface area contributed by atoms with Gasteiger partial charge in [-0.2, -0.15) is 0 Å². The predicted octanol–water partition coefficient (Wildman–Crippen LogP) is 3.30. The highest BCUT2D eigenvalue weighted by Gasteiger charge is 2.16. The molecule has 0 atom stereocenters. The molecule has 1 amide bonds. The molecule has 7 heteroatoms. The molecule has 2 aromatic rings. The van der Waals surface area contributed by atoms with Gasteiger partial charge in [-0.05, 0) is 62.4 Å². The molecule has 2 rings (SSSR count). The van der Waals surface area contributed by atoms with Gasteiger partial charge in [-0.15, -0.1) is 0 Å². The number of hydrogen-bond acceptors (Lipinski definition) is 4. The van der Waals surface area contributed by atoms with Crippen LogP contribution >= 0.6 is 11.6 Å².